The average Bonchev–Trinajstić information content (AvgIpc) is 2.28. The van der Waals surface area contributed by atoms with Gasteiger partial charge < -0.3 is 5.32 Å². The van der Waals surface area contributed by atoms with Crippen molar-refractivity contribution < 1.29 is 0 Å². The van der Waals surface area contributed by atoms with E-state index < -0.39 is 0 Å². The van der Waals surface area contributed by atoms with Crippen molar-refractivity contribution in [1.82, 2.24) is 10.2 Å². The number of nitrogens with zero attached hydrogens (tertiary/aromatic N) is 1. The van der Waals surface area contributed by atoms with Gasteiger partial charge in [0.1, 0.15) is 0 Å². The standard InChI is InChI=1S/C14H26N2/c1-4-9-16(10-5-2)11-7-14-6-8-15-12-13(14)3/h4-5,13-15H,1-2,6-12H2,3H3. The van der Waals surface area contributed by atoms with Gasteiger partial charge in [-0.05, 0) is 44.3 Å². The molecule has 0 spiro atoms. The third kappa shape index (κ3) is 4.50. The van der Waals surface area contributed by atoms with E-state index in [1.807, 2.05) is 12.2 Å². The average molecular weight is 222 g/mol. The molecule has 0 aromatic heterocycles. The van der Waals surface area contributed by atoms with Crippen LogP contribution in [0.25, 0.3) is 0 Å². The molecule has 0 amide bonds. The zero-order valence-electron chi connectivity index (χ0n) is 10.6. The topological polar surface area (TPSA) is 15.3 Å². The van der Waals surface area contributed by atoms with E-state index in [4.69, 9.17) is 0 Å². The monoisotopic (exact) mass is 222 g/mol. The first-order valence-electron chi connectivity index (χ1n) is 6.42. The Balaban J connectivity index is 2.28. The molecule has 2 nitrogen and oxygen atoms in total. The van der Waals surface area contributed by atoms with Crippen LogP contribution in [-0.4, -0.2) is 37.6 Å². The van der Waals surface area contributed by atoms with E-state index in [9.17, 15) is 0 Å². The van der Waals surface area contributed by atoms with Crippen LogP contribution in [0.15, 0.2) is 25.3 Å². The van der Waals surface area contributed by atoms with Gasteiger partial charge in [0.05, 0.1) is 0 Å². The lowest BCUT2D eigenvalue weighted by atomic mass is 9.85. The maximum absolute atomic E-state index is 3.81. The molecule has 0 radical (unpaired) electrons. The van der Waals surface area contributed by atoms with Crippen molar-refractivity contribution >= 4 is 0 Å². The molecule has 16 heavy (non-hydrogen) atoms. The Morgan fingerprint density at radius 2 is 2.00 bits per heavy atom. The summed E-state index contributed by atoms with van der Waals surface area (Å²) in [5, 5.41) is 3.46. The van der Waals surface area contributed by atoms with E-state index in [0.717, 1.165) is 24.9 Å². The van der Waals surface area contributed by atoms with E-state index in [1.165, 1.54) is 32.5 Å². The summed E-state index contributed by atoms with van der Waals surface area (Å²) in [7, 11) is 0. The fourth-order valence-electron chi connectivity index (χ4n) is 2.47. The largest absolute Gasteiger partial charge is 0.316 e. The van der Waals surface area contributed by atoms with Gasteiger partial charge in [-0.25, -0.2) is 0 Å². The van der Waals surface area contributed by atoms with Crippen LogP contribution in [0, 0.1) is 11.8 Å². The van der Waals surface area contributed by atoms with Gasteiger partial charge in [-0.15, -0.1) is 13.2 Å². The highest BCUT2D eigenvalue weighted by molar-refractivity contribution is 4.82. The number of rotatable bonds is 7. The lowest BCUT2D eigenvalue weighted by Crippen LogP contribution is -2.37. The molecular formula is C14H26N2. The normalized spacial score (nSPS) is 25.6. The fourth-order valence-corrected chi connectivity index (χ4v) is 2.47. The highest BCUT2D eigenvalue weighted by atomic mass is 15.1. The van der Waals surface area contributed by atoms with Crippen molar-refractivity contribution in [1.29, 1.82) is 0 Å². The van der Waals surface area contributed by atoms with Crippen molar-refractivity contribution in [2.75, 3.05) is 32.7 Å². The molecule has 0 saturated carbocycles. The van der Waals surface area contributed by atoms with Gasteiger partial charge in [0, 0.05) is 13.1 Å². The Labute approximate surface area is 100 Å². The van der Waals surface area contributed by atoms with E-state index in [1.54, 1.807) is 0 Å². The Hall–Kier alpha value is -0.600. The third-order valence-electron chi connectivity index (χ3n) is 3.55. The molecule has 1 N–H and O–H groups in total. The molecule has 1 aliphatic rings. The summed E-state index contributed by atoms with van der Waals surface area (Å²) in [4.78, 5) is 2.41. The molecule has 0 aliphatic carbocycles. The van der Waals surface area contributed by atoms with Crippen molar-refractivity contribution in [2.45, 2.75) is 19.8 Å². The smallest absolute Gasteiger partial charge is 0.0163 e. The predicted molar refractivity (Wildman–Crippen MR) is 71.6 cm³/mol. The Morgan fingerprint density at radius 3 is 2.56 bits per heavy atom. The molecule has 2 heteroatoms. The zero-order valence-corrected chi connectivity index (χ0v) is 10.6. The number of hydrogen-bond donors (Lipinski definition) is 1. The van der Waals surface area contributed by atoms with Crippen molar-refractivity contribution in [3.63, 3.8) is 0 Å². The SMILES string of the molecule is C=CCN(CC=C)CCC1CCNCC1C. The summed E-state index contributed by atoms with van der Waals surface area (Å²) in [6.07, 6.45) is 6.60. The molecule has 1 fully saturated rings. The third-order valence-corrected chi connectivity index (χ3v) is 3.55. The first-order chi connectivity index (χ1) is 7.77. The maximum Gasteiger partial charge on any atom is 0.0163 e. The van der Waals surface area contributed by atoms with Crippen LogP contribution in [0.2, 0.25) is 0 Å². The Kier molecular flexibility index (Phi) is 6.43. The maximum atomic E-state index is 3.81. The first-order valence-corrected chi connectivity index (χ1v) is 6.42. The van der Waals surface area contributed by atoms with Crippen LogP contribution in [-0.2, 0) is 0 Å². The van der Waals surface area contributed by atoms with Crippen LogP contribution in [0.5, 0.6) is 0 Å². The molecule has 92 valence electrons. The minimum atomic E-state index is 0.822. The van der Waals surface area contributed by atoms with Crippen LogP contribution in [0.3, 0.4) is 0 Å². The second kappa shape index (κ2) is 7.64. The first kappa shape index (κ1) is 13.5. The lowest BCUT2D eigenvalue weighted by molar-refractivity contribution is 0.220. The highest BCUT2D eigenvalue weighted by Gasteiger charge is 2.20. The van der Waals surface area contributed by atoms with Crippen molar-refractivity contribution in [3.8, 4) is 0 Å². The summed E-state index contributed by atoms with van der Waals surface area (Å²) in [6.45, 7) is 15.5. The summed E-state index contributed by atoms with van der Waals surface area (Å²) in [5.41, 5.74) is 0. The molecule has 1 heterocycles. The van der Waals surface area contributed by atoms with E-state index in [-0.39, 0.29) is 0 Å². The Morgan fingerprint density at radius 1 is 1.31 bits per heavy atom. The zero-order chi connectivity index (χ0) is 11.8. The molecule has 1 rings (SSSR count). The van der Waals surface area contributed by atoms with E-state index >= 15 is 0 Å². The summed E-state index contributed by atoms with van der Waals surface area (Å²) < 4.78 is 0. The minimum absolute atomic E-state index is 0.822. The van der Waals surface area contributed by atoms with Gasteiger partial charge in [-0.1, -0.05) is 19.1 Å². The fraction of sp³-hybridized carbons (Fsp3) is 0.714. The number of hydrogen-bond acceptors (Lipinski definition) is 2. The molecule has 1 saturated heterocycles. The van der Waals surface area contributed by atoms with Gasteiger partial charge in [0.15, 0.2) is 0 Å². The number of nitrogens with one attached hydrogen (secondary N) is 1. The van der Waals surface area contributed by atoms with E-state index in [2.05, 4.69) is 30.3 Å². The second-order valence-electron chi connectivity index (χ2n) is 4.86. The van der Waals surface area contributed by atoms with E-state index in [0.29, 0.717) is 0 Å². The summed E-state index contributed by atoms with van der Waals surface area (Å²) >= 11 is 0. The summed E-state index contributed by atoms with van der Waals surface area (Å²) in [6, 6.07) is 0. The van der Waals surface area contributed by atoms with Gasteiger partial charge >= 0.3 is 0 Å². The molecule has 0 aromatic rings. The molecule has 1 aliphatic heterocycles. The lowest BCUT2D eigenvalue weighted by Gasteiger charge is -2.31. The molecule has 0 aromatic carbocycles. The number of piperidine rings is 1. The van der Waals surface area contributed by atoms with Crippen molar-refractivity contribution in [3.05, 3.63) is 25.3 Å². The molecular weight excluding hydrogens is 196 g/mol. The highest BCUT2D eigenvalue weighted by Crippen LogP contribution is 2.22. The van der Waals surface area contributed by atoms with Gasteiger partial charge in [0.2, 0.25) is 0 Å². The Bertz CT molecular complexity index is 203. The minimum Gasteiger partial charge on any atom is -0.316 e. The predicted octanol–water partition coefficient (Wildman–Crippen LogP) is 2.30. The van der Waals surface area contributed by atoms with Gasteiger partial charge in [-0.2, -0.15) is 0 Å². The van der Waals surface area contributed by atoms with Crippen LogP contribution < -0.4 is 5.32 Å². The van der Waals surface area contributed by atoms with Crippen molar-refractivity contribution in [2.24, 2.45) is 11.8 Å². The van der Waals surface area contributed by atoms with Crippen LogP contribution >= 0.6 is 0 Å². The quantitative estimate of drug-likeness (QED) is 0.665. The van der Waals surface area contributed by atoms with Crippen LogP contribution in [0.1, 0.15) is 19.8 Å². The second-order valence-corrected chi connectivity index (χ2v) is 4.86. The molecule has 2 atom stereocenters. The molecule has 0 bridgehead atoms. The van der Waals surface area contributed by atoms with Gasteiger partial charge in [0.25, 0.3) is 0 Å². The summed E-state index contributed by atoms with van der Waals surface area (Å²) in [5.74, 6) is 1.71. The van der Waals surface area contributed by atoms with Gasteiger partial charge in [-0.3, -0.25) is 4.90 Å². The van der Waals surface area contributed by atoms with Crippen LogP contribution in [0.4, 0.5) is 0 Å². The molecule has 2 unspecified atom stereocenters.